The van der Waals surface area contributed by atoms with Gasteiger partial charge in [0.25, 0.3) is 5.56 Å². The average molecular weight is 511 g/mol. The van der Waals surface area contributed by atoms with E-state index in [0.29, 0.717) is 12.1 Å². The fraction of sp³-hybridized carbons (Fsp3) is 0.455. The van der Waals surface area contributed by atoms with Crippen LogP contribution in [0.4, 0.5) is 29.6 Å². The van der Waals surface area contributed by atoms with Crippen molar-refractivity contribution >= 4 is 23.6 Å². The summed E-state index contributed by atoms with van der Waals surface area (Å²) in [6.45, 7) is 3.20. The Morgan fingerprint density at radius 1 is 1.25 bits per heavy atom. The molecule has 0 radical (unpaired) electrons. The van der Waals surface area contributed by atoms with Gasteiger partial charge in [0.15, 0.2) is 11.7 Å². The van der Waals surface area contributed by atoms with Crippen LogP contribution < -0.4 is 32.0 Å². The lowest BCUT2D eigenvalue weighted by Gasteiger charge is -2.20. The Morgan fingerprint density at radius 2 is 2.03 bits per heavy atom. The van der Waals surface area contributed by atoms with E-state index in [9.17, 15) is 22.8 Å². The van der Waals surface area contributed by atoms with Crippen molar-refractivity contribution in [2.75, 3.05) is 36.8 Å². The van der Waals surface area contributed by atoms with Crippen LogP contribution in [0, 0.1) is 5.41 Å². The third-order valence-electron chi connectivity index (χ3n) is 5.64. The lowest BCUT2D eigenvalue weighted by atomic mass is 9.94. The smallest absolute Gasteiger partial charge is 0.404 e. The van der Waals surface area contributed by atoms with E-state index in [2.05, 4.69) is 35.6 Å². The normalized spacial score (nSPS) is 16.6. The maximum Gasteiger partial charge on any atom is 0.573 e. The number of hydrogen-bond acceptors (Lipinski definition) is 6. The van der Waals surface area contributed by atoms with Gasteiger partial charge in [-0.05, 0) is 63.4 Å². The van der Waals surface area contributed by atoms with Gasteiger partial charge >= 0.3 is 12.4 Å². The van der Waals surface area contributed by atoms with E-state index in [1.54, 1.807) is 0 Å². The number of H-pyrrole nitrogens is 1. The lowest BCUT2D eigenvalue weighted by molar-refractivity contribution is -0.274. The third-order valence-corrected chi connectivity index (χ3v) is 5.64. The average Bonchev–Trinajstić information content (AvgIpc) is 3.03. The summed E-state index contributed by atoms with van der Waals surface area (Å²) in [5.41, 5.74) is 5.12. The Labute approximate surface area is 205 Å². The molecule has 1 aliphatic heterocycles. The van der Waals surface area contributed by atoms with Crippen molar-refractivity contribution in [1.82, 2.24) is 20.2 Å². The van der Waals surface area contributed by atoms with Gasteiger partial charge < -0.3 is 31.0 Å². The Morgan fingerprint density at radius 3 is 2.75 bits per heavy atom. The Bertz CT molecular complexity index is 1110. The van der Waals surface area contributed by atoms with E-state index in [-0.39, 0.29) is 23.5 Å². The summed E-state index contributed by atoms with van der Waals surface area (Å²) in [4.78, 5) is 33.9. The maximum atomic E-state index is 12.7. The van der Waals surface area contributed by atoms with Crippen LogP contribution in [0.1, 0.15) is 37.2 Å². The van der Waals surface area contributed by atoms with E-state index < -0.39 is 23.7 Å². The summed E-state index contributed by atoms with van der Waals surface area (Å²) < 4.78 is 41.6. The number of anilines is 2. The number of ether oxygens (including phenoxy) is 1. The van der Waals surface area contributed by atoms with Crippen LogP contribution in [0.3, 0.4) is 0 Å². The van der Waals surface area contributed by atoms with Gasteiger partial charge in [-0.25, -0.2) is 4.79 Å². The fourth-order valence-corrected chi connectivity index (χ4v) is 4.02. The number of urea groups is 1. The third kappa shape index (κ3) is 8.45. The molecule has 7 N–H and O–H groups in total. The van der Waals surface area contributed by atoms with E-state index in [1.807, 2.05) is 0 Å². The Kier molecular flexibility index (Phi) is 9.11. The quantitative estimate of drug-likeness (QED) is 0.181. The second-order valence-corrected chi connectivity index (χ2v) is 8.30. The minimum absolute atomic E-state index is 0.0101. The highest BCUT2D eigenvalue weighted by Crippen LogP contribution is 2.30. The first-order valence-electron chi connectivity index (χ1n) is 11.4. The van der Waals surface area contributed by atoms with Crippen molar-refractivity contribution in [2.24, 2.45) is 5.73 Å². The predicted molar refractivity (Wildman–Crippen MR) is 128 cm³/mol. The molecule has 196 valence electrons. The van der Waals surface area contributed by atoms with Gasteiger partial charge in [0.2, 0.25) is 5.95 Å². The summed E-state index contributed by atoms with van der Waals surface area (Å²) >= 11 is 0. The van der Waals surface area contributed by atoms with E-state index >= 15 is 0 Å². The number of nitrogens with two attached hydrogens (primary N) is 1. The molecule has 11 nitrogen and oxygen atoms in total. The first-order valence-corrected chi connectivity index (χ1v) is 11.4. The summed E-state index contributed by atoms with van der Waals surface area (Å²) in [7, 11) is 0. The van der Waals surface area contributed by atoms with Gasteiger partial charge in [-0.1, -0.05) is 12.1 Å². The number of rotatable bonds is 8. The van der Waals surface area contributed by atoms with Gasteiger partial charge in [0.05, 0.1) is 5.69 Å². The fourth-order valence-electron chi connectivity index (χ4n) is 4.02. The largest absolute Gasteiger partial charge is 0.573 e. The van der Waals surface area contributed by atoms with Crippen LogP contribution in [0.2, 0.25) is 0 Å². The SMILES string of the molecule is N=C(N)NCCCN1CCCC(c2c[nH]c(NC(=O)Nc3ccccc3OC(F)(F)F)nc2=O)CC1. The van der Waals surface area contributed by atoms with Gasteiger partial charge in [0.1, 0.15) is 0 Å². The lowest BCUT2D eigenvalue weighted by Crippen LogP contribution is -2.34. The summed E-state index contributed by atoms with van der Waals surface area (Å²) in [6.07, 6.45) is -0.0561. The molecule has 1 saturated heterocycles. The van der Waals surface area contributed by atoms with Crippen molar-refractivity contribution in [1.29, 1.82) is 5.41 Å². The Hall–Kier alpha value is -3.81. The van der Waals surface area contributed by atoms with Crippen LogP contribution in [-0.2, 0) is 0 Å². The predicted octanol–water partition coefficient (Wildman–Crippen LogP) is 2.76. The number of halogens is 3. The van der Waals surface area contributed by atoms with E-state index in [4.69, 9.17) is 11.1 Å². The highest BCUT2D eigenvalue weighted by molar-refractivity contribution is 5.99. The van der Waals surface area contributed by atoms with Crippen molar-refractivity contribution in [3.8, 4) is 5.75 Å². The molecule has 2 amide bonds. The van der Waals surface area contributed by atoms with Crippen LogP contribution in [0.15, 0.2) is 35.3 Å². The molecule has 1 aromatic heterocycles. The molecule has 36 heavy (non-hydrogen) atoms. The zero-order valence-electron chi connectivity index (χ0n) is 19.5. The molecule has 0 aliphatic carbocycles. The second-order valence-electron chi connectivity index (χ2n) is 8.30. The molecule has 1 atom stereocenters. The molecule has 14 heteroatoms. The molecule has 1 aliphatic rings. The molecular formula is C22H29F3N8O3. The number of carbonyl (C=O) groups is 1. The number of para-hydroxylation sites is 2. The van der Waals surface area contributed by atoms with Crippen molar-refractivity contribution in [2.45, 2.75) is 38.0 Å². The number of alkyl halides is 3. The number of aromatic nitrogens is 2. The first kappa shape index (κ1) is 26.8. The molecule has 1 aromatic carbocycles. The van der Waals surface area contributed by atoms with Crippen LogP contribution in [0.5, 0.6) is 5.75 Å². The molecule has 3 rings (SSSR count). The van der Waals surface area contributed by atoms with Crippen molar-refractivity contribution in [3.63, 3.8) is 0 Å². The summed E-state index contributed by atoms with van der Waals surface area (Å²) in [5.74, 6) is -0.748. The van der Waals surface area contributed by atoms with Gasteiger partial charge in [-0.2, -0.15) is 4.98 Å². The Balaban J connectivity index is 1.56. The minimum Gasteiger partial charge on any atom is -0.404 e. The van der Waals surface area contributed by atoms with Crippen LogP contribution >= 0.6 is 0 Å². The van der Waals surface area contributed by atoms with E-state index in [0.717, 1.165) is 51.4 Å². The number of guanidine groups is 1. The second kappa shape index (κ2) is 12.2. The summed E-state index contributed by atoms with van der Waals surface area (Å²) in [6, 6.07) is 4.18. The molecule has 0 spiro atoms. The number of likely N-dealkylation sites (tertiary alicyclic amines) is 1. The molecule has 0 saturated carbocycles. The zero-order chi connectivity index (χ0) is 26.1. The highest BCUT2D eigenvalue weighted by atomic mass is 19.4. The maximum absolute atomic E-state index is 12.7. The van der Waals surface area contributed by atoms with Crippen molar-refractivity contribution in [3.05, 3.63) is 46.4 Å². The minimum atomic E-state index is -4.92. The van der Waals surface area contributed by atoms with Crippen LogP contribution in [0.25, 0.3) is 0 Å². The molecule has 2 heterocycles. The number of nitrogens with one attached hydrogen (secondary N) is 5. The molecule has 0 bridgehead atoms. The number of amides is 2. The molecule has 1 unspecified atom stereocenters. The number of aromatic amines is 1. The number of carbonyl (C=O) groups excluding carboxylic acids is 1. The van der Waals surface area contributed by atoms with Crippen molar-refractivity contribution < 1.29 is 22.7 Å². The highest BCUT2D eigenvalue weighted by Gasteiger charge is 2.32. The van der Waals surface area contributed by atoms with Gasteiger partial charge in [0, 0.05) is 18.3 Å². The number of nitrogens with zero attached hydrogens (tertiary/aromatic N) is 2. The number of hydrogen-bond donors (Lipinski definition) is 6. The topological polar surface area (TPSA) is 161 Å². The van der Waals surface area contributed by atoms with Gasteiger partial charge in [-0.3, -0.25) is 15.5 Å². The van der Waals surface area contributed by atoms with E-state index in [1.165, 1.54) is 24.4 Å². The standard InChI is InChI=1S/C22H29F3N8O3/c23-22(24,25)36-17-7-2-1-6-16(17)30-21(35)32-20-29-13-15(18(34)31-20)14-5-3-10-33(12-8-14)11-4-9-28-19(26)27/h1-2,6-7,13-14H,3-5,8-12H2,(H4,26,27,28)(H3,29,30,31,32,34,35). The monoisotopic (exact) mass is 510 g/mol. The summed E-state index contributed by atoms with van der Waals surface area (Å²) in [5, 5.41) is 14.5. The first-order chi connectivity index (χ1) is 17.1. The molecule has 1 fully saturated rings. The molecule has 2 aromatic rings. The van der Waals surface area contributed by atoms with Gasteiger partial charge in [-0.15, -0.1) is 13.2 Å². The van der Waals surface area contributed by atoms with Crippen LogP contribution in [-0.4, -0.2) is 59.4 Å². The number of benzene rings is 1. The zero-order valence-corrected chi connectivity index (χ0v) is 19.5. The molecular weight excluding hydrogens is 481 g/mol.